The molecule has 0 unspecified atom stereocenters. The van der Waals surface area contributed by atoms with Gasteiger partial charge in [-0.15, -0.1) is 0 Å². The van der Waals surface area contributed by atoms with Gasteiger partial charge in [0.1, 0.15) is 12.3 Å². The molecule has 1 amide bonds. The predicted octanol–water partition coefficient (Wildman–Crippen LogP) is 2.15. The normalized spacial score (nSPS) is 11.9. The van der Waals surface area contributed by atoms with Gasteiger partial charge in [0.15, 0.2) is 5.76 Å². The van der Waals surface area contributed by atoms with Crippen molar-refractivity contribution in [1.29, 1.82) is 0 Å². The number of carbonyl (C=O) groups is 1. The van der Waals surface area contributed by atoms with Crippen LogP contribution in [0, 0.1) is 0 Å². The fourth-order valence-electron chi connectivity index (χ4n) is 1.43. The molecule has 1 heterocycles. The molecule has 0 bridgehead atoms. The molecule has 0 fully saturated rings. The summed E-state index contributed by atoms with van der Waals surface area (Å²) in [7, 11) is 0. The standard InChI is InChI=1S/C11H15F3N2O2/c1-7(2)16(6-11(12,13)14)10(17)9-4-3-8(5-15)18-9/h3-4,7H,5-6,15H2,1-2H3. The van der Waals surface area contributed by atoms with Gasteiger partial charge in [-0.25, -0.2) is 0 Å². The van der Waals surface area contributed by atoms with Gasteiger partial charge in [0.05, 0.1) is 6.54 Å². The van der Waals surface area contributed by atoms with Crippen LogP contribution in [0.3, 0.4) is 0 Å². The number of nitrogens with zero attached hydrogens (tertiary/aromatic N) is 1. The van der Waals surface area contributed by atoms with Gasteiger partial charge in [-0.3, -0.25) is 4.79 Å². The van der Waals surface area contributed by atoms with Gasteiger partial charge in [0, 0.05) is 6.04 Å². The molecule has 0 spiro atoms. The summed E-state index contributed by atoms with van der Waals surface area (Å²) in [5, 5.41) is 0. The Kier molecular flexibility index (Phi) is 4.39. The highest BCUT2D eigenvalue weighted by atomic mass is 19.4. The molecule has 1 aromatic rings. The maximum atomic E-state index is 12.4. The smallest absolute Gasteiger partial charge is 0.406 e. The summed E-state index contributed by atoms with van der Waals surface area (Å²) < 4.78 is 42.2. The quantitative estimate of drug-likeness (QED) is 0.906. The minimum Gasteiger partial charge on any atom is -0.455 e. The monoisotopic (exact) mass is 264 g/mol. The first-order chi connectivity index (χ1) is 8.24. The predicted molar refractivity (Wildman–Crippen MR) is 58.8 cm³/mol. The second-order valence-corrected chi connectivity index (χ2v) is 4.11. The molecular formula is C11H15F3N2O2. The lowest BCUT2D eigenvalue weighted by Crippen LogP contribution is -2.43. The topological polar surface area (TPSA) is 59.5 Å². The maximum Gasteiger partial charge on any atom is 0.406 e. The van der Waals surface area contributed by atoms with E-state index in [1.165, 1.54) is 26.0 Å². The summed E-state index contributed by atoms with van der Waals surface area (Å²) in [4.78, 5) is 12.6. The number of hydrogen-bond acceptors (Lipinski definition) is 3. The fraction of sp³-hybridized carbons (Fsp3) is 0.545. The Morgan fingerprint density at radius 1 is 1.44 bits per heavy atom. The van der Waals surface area contributed by atoms with Gasteiger partial charge in [-0.05, 0) is 26.0 Å². The molecule has 102 valence electrons. The van der Waals surface area contributed by atoms with Gasteiger partial charge < -0.3 is 15.1 Å². The molecule has 7 heteroatoms. The van der Waals surface area contributed by atoms with Gasteiger partial charge in [-0.2, -0.15) is 13.2 Å². The summed E-state index contributed by atoms with van der Waals surface area (Å²) in [6.07, 6.45) is -4.44. The Labute approximate surface area is 103 Å². The van der Waals surface area contributed by atoms with E-state index in [1.807, 2.05) is 0 Å². The van der Waals surface area contributed by atoms with Crippen LogP contribution in [0.2, 0.25) is 0 Å². The van der Waals surface area contributed by atoms with E-state index < -0.39 is 24.7 Å². The highest BCUT2D eigenvalue weighted by Gasteiger charge is 2.35. The Hall–Kier alpha value is -1.50. The Balaban J connectivity index is 2.89. The third-order valence-electron chi connectivity index (χ3n) is 2.31. The van der Waals surface area contributed by atoms with E-state index in [1.54, 1.807) is 0 Å². The summed E-state index contributed by atoms with van der Waals surface area (Å²) in [6, 6.07) is 2.22. The van der Waals surface area contributed by atoms with Crippen LogP contribution in [0.15, 0.2) is 16.5 Å². The van der Waals surface area contributed by atoms with Crippen LogP contribution in [-0.4, -0.2) is 29.6 Å². The zero-order chi connectivity index (χ0) is 13.9. The minimum absolute atomic E-state index is 0.0915. The van der Waals surface area contributed by atoms with Crippen molar-refractivity contribution in [2.75, 3.05) is 6.54 Å². The molecule has 1 rings (SSSR count). The summed E-state index contributed by atoms with van der Waals surface area (Å²) in [5.41, 5.74) is 5.30. The van der Waals surface area contributed by atoms with Crippen molar-refractivity contribution in [3.05, 3.63) is 23.7 Å². The number of furan rings is 1. The average Bonchev–Trinajstić information content (AvgIpc) is 2.71. The summed E-state index contributed by atoms with van der Waals surface area (Å²) >= 11 is 0. The fourth-order valence-corrected chi connectivity index (χ4v) is 1.43. The number of hydrogen-bond donors (Lipinski definition) is 1. The lowest BCUT2D eigenvalue weighted by Gasteiger charge is -2.26. The van der Waals surface area contributed by atoms with E-state index in [0.29, 0.717) is 10.7 Å². The molecule has 0 aliphatic carbocycles. The zero-order valence-corrected chi connectivity index (χ0v) is 10.1. The van der Waals surface area contributed by atoms with E-state index in [2.05, 4.69) is 0 Å². The lowest BCUT2D eigenvalue weighted by atomic mass is 10.2. The van der Waals surface area contributed by atoms with E-state index >= 15 is 0 Å². The highest BCUT2D eigenvalue weighted by Crippen LogP contribution is 2.20. The summed E-state index contributed by atoms with van der Waals surface area (Å²) in [6.45, 7) is 1.81. The zero-order valence-electron chi connectivity index (χ0n) is 10.1. The SMILES string of the molecule is CC(C)N(CC(F)(F)F)C(=O)c1ccc(CN)o1. The van der Waals surface area contributed by atoms with Crippen LogP contribution in [0.4, 0.5) is 13.2 Å². The van der Waals surface area contributed by atoms with Crippen molar-refractivity contribution < 1.29 is 22.4 Å². The minimum atomic E-state index is -4.44. The number of rotatable bonds is 4. The first-order valence-electron chi connectivity index (χ1n) is 5.41. The third kappa shape index (κ3) is 3.76. The van der Waals surface area contributed by atoms with Crippen molar-refractivity contribution in [1.82, 2.24) is 4.90 Å². The second kappa shape index (κ2) is 5.43. The van der Waals surface area contributed by atoms with Crippen molar-refractivity contribution in [2.45, 2.75) is 32.6 Å². The number of alkyl halides is 3. The van der Waals surface area contributed by atoms with E-state index in [4.69, 9.17) is 10.2 Å². The van der Waals surface area contributed by atoms with Crippen LogP contribution in [-0.2, 0) is 6.54 Å². The van der Waals surface area contributed by atoms with Crippen molar-refractivity contribution in [2.24, 2.45) is 5.73 Å². The first kappa shape index (κ1) is 14.6. The summed E-state index contributed by atoms with van der Waals surface area (Å²) in [5.74, 6) is -0.565. The molecule has 0 aliphatic rings. The van der Waals surface area contributed by atoms with Crippen LogP contribution in [0.5, 0.6) is 0 Å². The molecule has 4 nitrogen and oxygen atoms in total. The average molecular weight is 264 g/mol. The number of halogens is 3. The molecule has 0 aromatic carbocycles. The molecule has 18 heavy (non-hydrogen) atoms. The molecule has 0 radical (unpaired) electrons. The number of amides is 1. The van der Waals surface area contributed by atoms with Crippen LogP contribution >= 0.6 is 0 Å². The van der Waals surface area contributed by atoms with E-state index in [-0.39, 0.29) is 12.3 Å². The van der Waals surface area contributed by atoms with Crippen molar-refractivity contribution >= 4 is 5.91 Å². The Morgan fingerprint density at radius 3 is 2.44 bits per heavy atom. The van der Waals surface area contributed by atoms with Crippen LogP contribution < -0.4 is 5.73 Å². The van der Waals surface area contributed by atoms with Gasteiger partial charge in [0.2, 0.25) is 0 Å². The molecular weight excluding hydrogens is 249 g/mol. The van der Waals surface area contributed by atoms with Crippen LogP contribution in [0.1, 0.15) is 30.2 Å². The van der Waals surface area contributed by atoms with Gasteiger partial charge in [0.25, 0.3) is 5.91 Å². The largest absolute Gasteiger partial charge is 0.455 e. The number of nitrogens with two attached hydrogens (primary N) is 1. The van der Waals surface area contributed by atoms with Crippen molar-refractivity contribution in [3.63, 3.8) is 0 Å². The number of carbonyl (C=O) groups excluding carboxylic acids is 1. The Morgan fingerprint density at radius 2 is 2.06 bits per heavy atom. The van der Waals surface area contributed by atoms with Gasteiger partial charge in [-0.1, -0.05) is 0 Å². The van der Waals surface area contributed by atoms with Gasteiger partial charge >= 0.3 is 6.18 Å². The van der Waals surface area contributed by atoms with E-state index in [0.717, 1.165) is 0 Å². The first-order valence-corrected chi connectivity index (χ1v) is 5.41. The molecule has 2 N–H and O–H groups in total. The highest BCUT2D eigenvalue weighted by molar-refractivity contribution is 5.91. The molecule has 0 saturated carbocycles. The van der Waals surface area contributed by atoms with E-state index in [9.17, 15) is 18.0 Å². The molecule has 0 aliphatic heterocycles. The van der Waals surface area contributed by atoms with Crippen molar-refractivity contribution in [3.8, 4) is 0 Å². The third-order valence-corrected chi connectivity index (χ3v) is 2.31. The Bertz CT molecular complexity index is 413. The maximum absolute atomic E-state index is 12.4. The molecule has 0 atom stereocenters. The second-order valence-electron chi connectivity index (χ2n) is 4.11. The van der Waals surface area contributed by atoms with Crippen LogP contribution in [0.25, 0.3) is 0 Å². The molecule has 1 aromatic heterocycles. The molecule has 0 saturated heterocycles. The lowest BCUT2D eigenvalue weighted by molar-refractivity contribution is -0.143.